The number of nitrogens with zero attached hydrogens (tertiary/aromatic N) is 4. The highest BCUT2D eigenvalue weighted by Crippen LogP contribution is 2.30. The van der Waals surface area contributed by atoms with Gasteiger partial charge in [0.05, 0.1) is 12.2 Å². The van der Waals surface area contributed by atoms with E-state index in [9.17, 15) is 43.2 Å². The summed E-state index contributed by atoms with van der Waals surface area (Å²) in [6.45, 7) is 9.42. The minimum atomic E-state index is -1.25. The number of pyridine rings is 2. The van der Waals surface area contributed by atoms with Crippen LogP contribution in [0, 0.1) is 0 Å². The van der Waals surface area contributed by atoms with Crippen molar-refractivity contribution in [2.24, 2.45) is 5.73 Å². The maximum atomic E-state index is 14.5. The molecular formula is C59H78N10O11. The summed E-state index contributed by atoms with van der Waals surface area (Å²) < 4.78 is 6.52. The third-order valence-corrected chi connectivity index (χ3v) is 14.1. The molecule has 0 bridgehead atoms. The first kappa shape index (κ1) is 61.1. The Labute approximate surface area is 467 Å². The van der Waals surface area contributed by atoms with Gasteiger partial charge in [0.15, 0.2) is 0 Å². The average molecular weight is 1100 g/mol. The number of nitrogens with one attached hydrogen (secondary N) is 5. The Morgan fingerprint density at radius 2 is 1.55 bits per heavy atom. The predicted octanol–water partition coefficient (Wildman–Crippen LogP) is 6.38. The second kappa shape index (κ2) is 29.2. The standard InChI is InChI=1S/C59H78N10O11/c1-38(2)41-19-17-39(18-20-41)33-63-54(75)47(23-25-50(60)70)65-55(76)49-24-22-46-27-29-67(36-48(56(77)69(46)49)66-58(79)80-59(3,4)5)57(78)62-28-12-10-8-6-7-9-11-14-40-30-44(34-61-32-40)42-15-13-16-43(31-42)53(74)64-45-21-26-51(71)68(35-45)37-52(72)73/h13,15-21,26,30-32,34-35,38,46-49H,6-12,14,22-25,27-29,33,36-37H2,1-5H3,(H2,60,70)(H,62,78)(H,63,75)(H,64,74)(H,65,76)(H,66,79)(H,72,73)/t46-,47+,48+,49+/m1/s1. The number of benzene rings is 2. The molecule has 430 valence electrons. The number of unbranched alkanes of at least 4 members (excludes halogenated alkanes) is 6. The summed E-state index contributed by atoms with van der Waals surface area (Å²) in [6.07, 6.45) is 12.4. The number of carboxylic acids is 1. The van der Waals surface area contributed by atoms with E-state index < -0.39 is 83.5 Å². The molecular weight excluding hydrogens is 1020 g/mol. The number of hydrogen-bond donors (Lipinski definition) is 7. The number of fused-ring (bicyclic) bond motifs is 1. The Balaban J connectivity index is 0.946. The van der Waals surface area contributed by atoms with Crippen molar-refractivity contribution in [1.29, 1.82) is 0 Å². The van der Waals surface area contributed by atoms with Crippen LogP contribution in [-0.2, 0) is 48.2 Å². The molecule has 2 saturated heterocycles. The number of aromatic nitrogens is 2. The number of primary amides is 1. The number of alkyl carbamates (subject to hydrolysis) is 1. The molecule has 6 rings (SSSR count). The summed E-state index contributed by atoms with van der Waals surface area (Å²) >= 11 is 0. The molecule has 2 aromatic carbocycles. The molecule has 2 aliphatic rings. The molecule has 0 unspecified atom stereocenters. The first-order valence-corrected chi connectivity index (χ1v) is 27.7. The highest BCUT2D eigenvalue weighted by atomic mass is 16.6. The van der Waals surface area contributed by atoms with Crippen molar-refractivity contribution >= 4 is 53.3 Å². The zero-order chi connectivity index (χ0) is 57.9. The summed E-state index contributed by atoms with van der Waals surface area (Å²) in [5.74, 6) is -3.52. The highest BCUT2D eigenvalue weighted by Gasteiger charge is 2.46. The Bertz CT molecular complexity index is 2880. The molecule has 2 aliphatic heterocycles. The normalized spacial score (nSPS) is 16.6. The molecule has 80 heavy (non-hydrogen) atoms. The molecule has 4 atom stereocenters. The van der Waals surface area contributed by atoms with Crippen LogP contribution >= 0.6 is 0 Å². The average Bonchev–Trinajstić information content (AvgIpc) is 3.85. The molecule has 0 saturated carbocycles. The van der Waals surface area contributed by atoms with Gasteiger partial charge in [-0.2, -0.15) is 0 Å². The molecule has 0 spiro atoms. The second-order valence-electron chi connectivity index (χ2n) is 22.0. The number of aryl methyl sites for hydroxylation is 1. The third-order valence-electron chi connectivity index (χ3n) is 14.1. The molecule has 21 nitrogen and oxygen atoms in total. The van der Waals surface area contributed by atoms with Crippen LogP contribution in [0.25, 0.3) is 11.1 Å². The van der Waals surface area contributed by atoms with E-state index in [0.29, 0.717) is 36.6 Å². The van der Waals surface area contributed by atoms with Crippen molar-refractivity contribution < 1.29 is 48.2 Å². The molecule has 0 aliphatic carbocycles. The highest BCUT2D eigenvalue weighted by molar-refractivity contribution is 6.05. The number of nitrogens with two attached hydrogens (primary N) is 1. The Morgan fingerprint density at radius 3 is 2.25 bits per heavy atom. The fourth-order valence-corrected chi connectivity index (χ4v) is 9.87. The van der Waals surface area contributed by atoms with Gasteiger partial charge in [-0.25, -0.2) is 9.59 Å². The lowest BCUT2D eigenvalue weighted by Gasteiger charge is -2.39. The van der Waals surface area contributed by atoms with Gasteiger partial charge in [0.2, 0.25) is 23.6 Å². The lowest BCUT2D eigenvalue weighted by molar-refractivity contribution is -0.144. The molecule has 2 aromatic heterocycles. The van der Waals surface area contributed by atoms with Gasteiger partial charge in [-0.1, -0.05) is 82.3 Å². The van der Waals surface area contributed by atoms with Gasteiger partial charge in [-0.05, 0) is 118 Å². The molecule has 0 radical (unpaired) electrons. The van der Waals surface area contributed by atoms with Crippen molar-refractivity contribution in [3.05, 3.63) is 118 Å². The first-order chi connectivity index (χ1) is 38.1. The Morgan fingerprint density at radius 1 is 0.825 bits per heavy atom. The van der Waals surface area contributed by atoms with Gasteiger partial charge in [0, 0.05) is 67.9 Å². The second-order valence-corrected chi connectivity index (χ2v) is 22.0. The van der Waals surface area contributed by atoms with Crippen molar-refractivity contribution in [2.45, 2.75) is 167 Å². The van der Waals surface area contributed by atoms with Crippen LogP contribution in [-0.4, -0.2) is 121 Å². The van der Waals surface area contributed by atoms with E-state index in [2.05, 4.69) is 51.5 Å². The molecule has 4 heterocycles. The number of urea groups is 1. The van der Waals surface area contributed by atoms with Gasteiger partial charge in [0.25, 0.3) is 11.5 Å². The van der Waals surface area contributed by atoms with Gasteiger partial charge in [0.1, 0.15) is 30.3 Å². The number of amides is 8. The fraction of sp³-hybridized carbons (Fsp3) is 0.492. The third kappa shape index (κ3) is 18.8. The first-order valence-electron chi connectivity index (χ1n) is 27.7. The van der Waals surface area contributed by atoms with Crippen LogP contribution in [0.3, 0.4) is 0 Å². The number of carbonyl (C=O) groups is 8. The van der Waals surface area contributed by atoms with E-state index in [1.165, 1.54) is 28.1 Å². The summed E-state index contributed by atoms with van der Waals surface area (Å²) in [5, 5.41) is 23.1. The van der Waals surface area contributed by atoms with Gasteiger partial charge in [-0.15, -0.1) is 0 Å². The van der Waals surface area contributed by atoms with E-state index in [-0.39, 0.29) is 44.9 Å². The lowest BCUT2D eigenvalue weighted by Crippen LogP contribution is -2.62. The number of aliphatic carboxylic acids is 1. The molecule has 4 aromatic rings. The number of anilines is 1. The molecule has 2 fully saturated rings. The molecule has 21 heteroatoms. The van der Waals surface area contributed by atoms with Gasteiger partial charge in [-0.3, -0.25) is 38.5 Å². The fourth-order valence-electron chi connectivity index (χ4n) is 9.87. The van der Waals surface area contributed by atoms with Crippen molar-refractivity contribution in [3.8, 4) is 11.1 Å². The lowest BCUT2D eigenvalue weighted by atomic mass is 10.0. The van der Waals surface area contributed by atoms with Gasteiger partial charge < -0.3 is 56.5 Å². The van der Waals surface area contributed by atoms with Crippen LogP contribution in [0.2, 0.25) is 0 Å². The maximum absolute atomic E-state index is 14.5. The molecule has 8 N–H and O–H groups in total. The van der Waals surface area contributed by atoms with Crippen molar-refractivity contribution in [3.63, 3.8) is 0 Å². The number of rotatable bonds is 25. The van der Waals surface area contributed by atoms with E-state index in [0.717, 1.165) is 83.8 Å². The summed E-state index contributed by atoms with van der Waals surface area (Å²) in [6, 6.07) is 15.5. The smallest absolute Gasteiger partial charge is 0.408 e. The Hall–Kier alpha value is -8.10. The molecule has 8 amide bonds. The minimum absolute atomic E-state index is 0.0503. The van der Waals surface area contributed by atoms with E-state index in [1.54, 1.807) is 45.2 Å². The Kier molecular flexibility index (Phi) is 22.3. The zero-order valence-electron chi connectivity index (χ0n) is 46.6. The SMILES string of the molecule is CC(C)c1ccc(CNC(=O)[C@H](CCC(N)=O)NC(=O)[C@@H]2CC[C@@H]3CCN(C(=O)NCCCCCCCCCc4cncc(-c5cccc(C(=O)Nc6ccc(=O)n(CC(=O)O)c6)c5)c4)C[C@H](NC(=O)OC(C)(C)C)C(=O)N32)cc1. The van der Waals surface area contributed by atoms with Crippen LogP contribution < -0.4 is 37.9 Å². The summed E-state index contributed by atoms with van der Waals surface area (Å²) in [4.78, 5) is 125. The topological polar surface area (TPSA) is 294 Å². The van der Waals surface area contributed by atoms with Crippen LogP contribution in [0.1, 0.15) is 145 Å². The van der Waals surface area contributed by atoms with E-state index >= 15 is 0 Å². The number of ether oxygens (including phenoxy) is 1. The van der Waals surface area contributed by atoms with E-state index in [1.807, 2.05) is 36.5 Å². The van der Waals surface area contributed by atoms with Crippen molar-refractivity contribution in [1.82, 2.24) is 40.6 Å². The van der Waals surface area contributed by atoms with E-state index in [4.69, 9.17) is 15.6 Å². The minimum Gasteiger partial charge on any atom is -0.480 e. The number of carbonyl (C=O) groups excluding carboxylic acids is 7. The van der Waals surface area contributed by atoms with Crippen molar-refractivity contribution in [2.75, 3.05) is 25.0 Å². The quantitative estimate of drug-likeness (QED) is 0.0356. The summed E-state index contributed by atoms with van der Waals surface area (Å²) in [5.41, 5.74) is 9.50. The van der Waals surface area contributed by atoms with Gasteiger partial charge >= 0.3 is 18.1 Å². The van der Waals surface area contributed by atoms with Crippen LogP contribution in [0.5, 0.6) is 0 Å². The zero-order valence-corrected chi connectivity index (χ0v) is 46.6. The number of carboxylic acid groups (broad SMARTS) is 1. The number of hydrogen-bond acceptors (Lipinski definition) is 11. The predicted molar refractivity (Wildman–Crippen MR) is 301 cm³/mol. The van der Waals surface area contributed by atoms with Crippen LogP contribution in [0.4, 0.5) is 15.3 Å². The monoisotopic (exact) mass is 1100 g/mol. The largest absolute Gasteiger partial charge is 0.480 e. The van der Waals surface area contributed by atoms with Crippen LogP contribution in [0.15, 0.2) is 90.1 Å². The maximum Gasteiger partial charge on any atom is 0.408 e. The summed E-state index contributed by atoms with van der Waals surface area (Å²) in [7, 11) is 0.